The number of amides is 1. The molecular formula is C23H22F3N3OS. The zero-order valence-electron chi connectivity index (χ0n) is 17.0. The molecule has 2 aromatic carbocycles. The van der Waals surface area contributed by atoms with Gasteiger partial charge in [0.05, 0.1) is 10.5 Å². The van der Waals surface area contributed by atoms with Gasteiger partial charge in [0.2, 0.25) is 0 Å². The van der Waals surface area contributed by atoms with E-state index >= 15 is 0 Å². The Labute approximate surface area is 183 Å². The molecule has 2 heterocycles. The SMILES string of the molecule is CCc1ccc(/C=C2/SC(N3CCN(c4cccc(C(F)(F)F)c4)CC3)=NC2=O)cc1. The molecule has 0 atom stereocenters. The van der Waals surface area contributed by atoms with Crippen molar-refractivity contribution in [2.75, 3.05) is 31.1 Å². The number of halogens is 3. The highest BCUT2D eigenvalue weighted by Gasteiger charge is 2.32. The van der Waals surface area contributed by atoms with Crippen LogP contribution in [0.25, 0.3) is 6.08 Å². The van der Waals surface area contributed by atoms with Crippen molar-refractivity contribution in [2.24, 2.45) is 4.99 Å². The zero-order valence-corrected chi connectivity index (χ0v) is 17.8. The number of anilines is 1. The molecule has 31 heavy (non-hydrogen) atoms. The van der Waals surface area contributed by atoms with Crippen LogP contribution < -0.4 is 4.90 Å². The first-order chi connectivity index (χ1) is 14.8. The van der Waals surface area contributed by atoms with E-state index in [-0.39, 0.29) is 5.91 Å². The third-order valence-corrected chi connectivity index (χ3v) is 6.43. The number of hydrogen-bond donors (Lipinski definition) is 0. The smallest absolute Gasteiger partial charge is 0.368 e. The molecule has 0 unspecified atom stereocenters. The molecule has 8 heteroatoms. The van der Waals surface area contributed by atoms with Gasteiger partial charge < -0.3 is 9.80 Å². The lowest BCUT2D eigenvalue weighted by molar-refractivity contribution is -0.137. The van der Waals surface area contributed by atoms with Crippen molar-refractivity contribution in [3.63, 3.8) is 0 Å². The number of benzene rings is 2. The van der Waals surface area contributed by atoms with Crippen molar-refractivity contribution < 1.29 is 18.0 Å². The summed E-state index contributed by atoms with van der Waals surface area (Å²) < 4.78 is 39.0. The highest BCUT2D eigenvalue weighted by Crippen LogP contribution is 2.33. The second-order valence-electron chi connectivity index (χ2n) is 7.43. The van der Waals surface area contributed by atoms with Gasteiger partial charge >= 0.3 is 6.18 Å². The minimum atomic E-state index is -4.35. The first kappa shape index (κ1) is 21.5. The first-order valence-corrected chi connectivity index (χ1v) is 10.9. The van der Waals surface area contributed by atoms with Crippen LogP contribution in [0.4, 0.5) is 18.9 Å². The molecular weight excluding hydrogens is 423 g/mol. The Bertz CT molecular complexity index is 1020. The molecule has 0 aliphatic carbocycles. The minimum absolute atomic E-state index is 0.250. The quantitative estimate of drug-likeness (QED) is 0.619. The standard InChI is InChI=1S/C23H22F3N3OS/c1-2-16-6-8-17(9-7-16)14-20-21(30)27-22(31-20)29-12-10-28(11-13-29)19-5-3-4-18(15-19)23(24,25)26/h3-9,14-15H,2,10-13H2,1H3/b20-14+. The number of hydrogen-bond acceptors (Lipinski definition) is 4. The van der Waals surface area contributed by atoms with E-state index in [9.17, 15) is 18.0 Å². The number of thioether (sulfide) groups is 1. The van der Waals surface area contributed by atoms with Gasteiger partial charge in [-0.3, -0.25) is 4.79 Å². The van der Waals surface area contributed by atoms with Gasteiger partial charge in [-0.1, -0.05) is 37.3 Å². The maximum atomic E-state index is 13.0. The molecule has 2 aliphatic rings. The van der Waals surface area contributed by atoms with Crippen LogP contribution in [-0.4, -0.2) is 42.2 Å². The summed E-state index contributed by atoms with van der Waals surface area (Å²) in [5.41, 5.74) is 2.11. The molecule has 2 aromatic rings. The van der Waals surface area contributed by atoms with Crippen LogP contribution in [-0.2, 0) is 17.4 Å². The maximum absolute atomic E-state index is 13.0. The van der Waals surface area contributed by atoms with E-state index in [1.54, 1.807) is 6.07 Å². The normalized spacial score (nSPS) is 18.6. The molecule has 1 saturated heterocycles. The Balaban J connectivity index is 1.39. The summed E-state index contributed by atoms with van der Waals surface area (Å²) in [5, 5.41) is 0.658. The third kappa shape index (κ3) is 4.95. The van der Waals surface area contributed by atoms with Gasteiger partial charge in [0.15, 0.2) is 5.17 Å². The van der Waals surface area contributed by atoms with Crippen molar-refractivity contribution in [3.05, 3.63) is 70.1 Å². The van der Waals surface area contributed by atoms with E-state index in [0.717, 1.165) is 18.1 Å². The van der Waals surface area contributed by atoms with Crippen LogP contribution in [0.2, 0.25) is 0 Å². The molecule has 0 spiro atoms. The Morgan fingerprint density at radius 1 is 1.03 bits per heavy atom. The monoisotopic (exact) mass is 445 g/mol. The van der Waals surface area contributed by atoms with Gasteiger partial charge in [0.1, 0.15) is 0 Å². The zero-order chi connectivity index (χ0) is 22.0. The summed E-state index contributed by atoms with van der Waals surface area (Å²) in [7, 11) is 0. The number of alkyl halides is 3. The Hall–Kier alpha value is -2.74. The molecule has 4 rings (SSSR count). The van der Waals surface area contributed by atoms with Crippen LogP contribution in [0.15, 0.2) is 58.4 Å². The second-order valence-corrected chi connectivity index (χ2v) is 8.44. The fourth-order valence-electron chi connectivity index (χ4n) is 3.57. The molecule has 0 bridgehead atoms. The van der Waals surface area contributed by atoms with Gasteiger partial charge in [0, 0.05) is 31.9 Å². The number of carbonyl (C=O) groups excluding carboxylic acids is 1. The largest absolute Gasteiger partial charge is 0.416 e. The van der Waals surface area contributed by atoms with Crippen molar-refractivity contribution >= 4 is 34.6 Å². The summed E-state index contributed by atoms with van der Waals surface area (Å²) >= 11 is 1.35. The van der Waals surface area contributed by atoms with E-state index in [4.69, 9.17) is 0 Å². The number of carbonyl (C=O) groups is 1. The van der Waals surface area contributed by atoms with Gasteiger partial charge in [-0.05, 0) is 53.6 Å². The maximum Gasteiger partial charge on any atom is 0.416 e. The Morgan fingerprint density at radius 3 is 2.35 bits per heavy atom. The highest BCUT2D eigenvalue weighted by atomic mass is 32.2. The summed E-state index contributed by atoms with van der Waals surface area (Å²) in [6.45, 7) is 4.40. The average Bonchev–Trinajstić information content (AvgIpc) is 3.14. The van der Waals surface area contributed by atoms with Crippen LogP contribution in [0.1, 0.15) is 23.6 Å². The van der Waals surface area contributed by atoms with Gasteiger partial charge in [-0.2, -0.15) is 18.2 Å². The minimum Gasteiger partial charge on any atom is -0.368 e. The van der Waals surface area contributed by atoms with E-state index < -0.39 is 11.7 Å². The molecule has 1 fully saturated rings. The van der Waals surface area contributed by atoms with Crippen molar-refractivity contribution in [3.8, 4) is 0 Å². The van der Waals surface area contributed by atoms with E-state index in [1.165, 1.54) is 29.5 Å². The van der Waals surface area contributed by atoms with Crippen LogP contribution >= 0.6 is 11.8 Å². The lowest BCUT2D eigenvalue weighted by Crippen LogP contribution is -2.47. The number of amidine groups is 1. The molecule has 162 valence electrons. The first-order valence-electron chi connectivity index (χ1n) is 10.1. The van der Waals surface area contributed by atoms with Crippen molar-refractivity contribution in [1.29, 1.82) is 0 Å². The predicted molar refractivity (Wildman–Crippen MR) is 119 cm³/mol. The third-order valence-electron chi connectivity index (χ3n) is 5.38. The summed E-state index contributed by atoms with van der Waals surface area (Å²) in [4.78, 5) is 21.1. The van der Waals surface area contributed by atoms with Gasteiger partial charge in [-0.15, -0.1) is 0 Å². The molecule has 0 saturated carbocycles. The van der Waals surface area contributed by atoms with Crippen LogP contribution in [0.3, 0.4) is 0 Å². The number of aryl methyl sites for hydroxylation is 1. The van der Waals surface area contributed by atoms with E-state index in [1.807, 2.05) is 40.1 Å². The Morgan fingerprint density at radius 2 is 1.71 bits per heavy atom. The number of nitrogens with zero attached hydrogens (tertiary/aromatic N) is 3. The number of aliphatic imine (C=N–C) groups is 1. The molecule has 4 nitrogen and oxygen atoms in total. The lowest BCUT2D eigenvalue weighted by atomic mass is 10.1. The molecule has 1 amide bonds. The summed E-state index contributed by atoms with van der Waals surface area (Å²) in [6, 6.07) is 13.5. The summed E-state index contributed by atoms with van der Waals surface area (Å²) in [6.07, 6.45) is -1.54. The second kappa shape index (κ2) is 8.78. The van der Waals surface area contributed by atoms with Crippen LogP contribution in [0, 0.1) is 0 Å². The fraction of sp³-hybridized carbons (Fsp3) is 0.304. The fourth-order valence-corrected chi connectivity index (χ4v) is 4.53. The lowest BCUT2D eigenvalue weighted by Gasteiger charge is -2.36. The topological polar surface area (TPSA) is 35.9 Å². The van der Waals surface area contributed by atoms with E-state index in [2.05, 4.69) is 11.9 Å². The van der Waals surface area contributed by atoms with Gasteiger partial charge in [0.25, 0.3) is 5.91 Å². The molecule has 0 N–H and O–H groups in total. The van der Waals surface area contributed by atoms with E-state index in [0.29, 0.717) is 41.9 Å². The molecule has 0 aromatic heterocycles. The predicted octanol–water partition coefficient (Wildman–Crippen LogP) is 5.06. The average molecular weight is 446 g/mol. The van der Waals surface area contributed by atoms with Gasteiger partial charge in [-0.25, -0.2) is 0 Å². The number of piperazine rings is 1. The van der Waals surface area contributed by atoms with Crippen molar-refractivity contribution in [2.45, 2.75) is 19.5 Å². The summed E-state index contributed by atoms with van der Waals surface area (Å²) in [5.74, 6) is -0.250. The Kier molecular flexibility index (Phi) is 6.09. The highest BCUT2D eigenvalue weighted by molar-refractivity contribution is 8.18. The molecule has 2 aliphatic heterocycles. The van der Waals surface area contributed by atoms with Crippen LogP contribution in [0.5, 0.6) is 0 Å². The molecule has 0 radical (unpaired) electrons. The van der Waals surface area contributed by atoms with Crippen molar-refractivity contribution in [1.82, 2.24) is 4.90 Å². The number of rotatable bonds is 3.